The zero-order valence-electron chi connectivity index (χ0n) is 12.8. The molecule has 1 fully saturated rings. The molecule has 3 rings (SSSR count). The van der Waals surface area contributed by atoms with E-state index in [1.54, 1.807) is 16.8 Å². The van der Waals surface area contributed by atoms with Gasteiger partial charge in [-0.15, -0.1) is 36.2 Å². The third-order valence-electron chi connectivity index (χ3n) is 4.09. The summed E-state index contributed by atoms with van der Waals surface area (Å²) in [6.07, 6.45) is 0.994. The third kappa shape index (κ3) is 4.23. The maximum absolute atomic E-state index is 12.7. The Bertz CT molecular complexity index is 636. The number of thiazole rings is 1. The lowest BCUT2D eigenvalue weighted by molar-refractivity contribution is 0.0743. The molecule has 0 aliphatic carbocycles. The molecule has 7 heteroatoms. The van der Waals surface area contributed by atoms with Crippen LogP contribution in [0, 0.1) is 5.92 Å². The van der Waals surface area contributed by atoms with E-state index in [0.717, 1.165) is 29.8 Å². The van der Waals surface area contributed by atoms with Crippen molar-refractivity contribution >= 4 is 42.1 Å². The van der Waals surface area contributed by atoms with Gasteiger partial charge >= 0.3 is 0 Å². The second-order valence-electron chi connectivity index (χ2n) is 5.60. The van der Waals surface area contributed by atoms with Crippen LogP contribution in [-0.2, 0) is 0 Å². The lowest BCUT2D eigenvalue weighted by atomic mass is 10.1. The molecule has 4 nitrogen and oxygen atoms in total. The van der Waals surface area contributed by atoms with Gasteiger partial charge in [-0.1, -0.05) is 12.1 Å². The summed E-state index contributed by atoms with van der Waals surface area (Å²) in [4.78, 5) is 19.0. The molecule has 0 radical (unpaired) electrons. The largest absolute Gasteiger partial charge is 0.336 e. The topological polar surface area (TPSA) is 59.2 Å². The monoisotopic (exact) mass is 373 g/mol. The van der Waals surface area contributed by atoms with Crippen molar-refractivity contribution in [2.45, 2.75) is 19.4 Å². The highest BCUT2D eigenvalue weighted by Gasteiger charge is 2.32. The van der Waals surface area contributed by atoms with E-state index in [2.05, 4.69) is 11.9 Å². The summed E-state index contributed by atoms with van der Waals surface area (Å²) in [5.74, 6) is 0.515. The summed E-state index contributed by atoms with van der Waals surface area (Å²) >= 11 is 1.56. The van der Waals surface area contributed by atoms with Crippen LogP contribution in [0.3, 0.4) is 0 Å². The zero-order valence-corrected chi connectivity index (χ0v) is 15.3. The van der Waals surface area contributed by atoms with Crippen molar-refractivity contribution in [3.05, 3.63) is 40.7 Å². The number of amides is 1. The average Bonchev–Trinajstić information content (AvgIpc) is 3.16. The van der Waals surface area contributed by atoms with E-state index >= 15 is 0 Å². The van der Waals surface area contributed by atoms with E-state index in [1.165, 1.54) is 0 Å². The zero-order chi connectivity index (χ0) is 14.8. The molecule has 1 amide bonds. The van der Waals surface area contributed by atoms with Crippen LogP contribution >= 0.6 is 36.2 Å². The van der Waals surface area contributed by atoms with E-state index in [-0.39, 0.29) is 36.8 Å². The Kier molecular flexibility index (Phi) is 7.48. The summed E-state index contributed by atoms with van der Waals surface area (Å²) in [7, 11) is 0. The van der Waals surface area contributed by atoms with Crippen molar-refractivity contribution in [1.82, 2.24) is 9.88 Å². The Morgan fingerprint density at radius 1 is 1.43 bits per heavy atom. The average molecular weight is 374 g/mol. The molecule has 1 aromatic carbocycles. The fourth-order valence-electron chi connectivity index (χ4n) is 2.93. The third-order valence-corrected chi connectivity index (χ3v) is 4.68. The van der Waals surface area contributed by atoms with Gasteiger partial charge < -0.3 is 10.6 Å². The van der Waals surface area contributed by atoms with Crippen LogP contribution in [0.4, 0.5) is 0 Å². The van der Waals surface area contributed by atoms with E-state index in [9.17, 15) is 4.79 Å². The Balaban J connectivity index is 0.00000132. The molecule has 1 aliphatic heterocycles. The Hall–Kier alpha value is -1.14. The fourth-order valence-corrected chi connectivity index (χ4v) is 3.49. The molecule has 2 atom stereocenters. The van der Waals surface area contributed by atoms with E-state index in [1.807, 2.05) is 34.5 Å². The minimum absolute atomic E-state index is 0. The van der Waals surface area contributed by atoms with Crippen LogP contribution in [0.15, 0.2) is 35.2 Å². The lowest BCUT2D eigenvalue weighted by Crippen LogP contribution is -2.34. The highest BCUT2D eigenvalue weighted by atomic mass is 35.5. The highest BCUT2D eigenvalue weighted by Crippen LogP contribution is 2.26. The van der Waals surface area contributed by atoms with Gasteiger partial charge in [-0.05, 0) is 37.9 Å². The molecular weight excluding hydrogens is 353 g/mol. The van der Waals surface area contributed by atoms with E-state index in [0.29, 0.717) is 12.5 Å². The number of likely N-dealkylation sites (tertiary alicyclic amines) is 1. The number of halogens is 2. The van der Waals surface area contributed by atoms with Crippen LogP contribution in [-0.4, -0.2) is 34.9 Å². The van der Waals surface area contributed by atoms with Crippen molar-refractivity contribution < 1.29 is 4.79 Å². The van der Waals surface area contributed by atoms with E-state index in [4.69, 9.17) is 5.73 Å². The van der Waals surface area contributed by atoms with Crippen LogP contribution in [0.2, 0.25) is 0 Å². The molecule has 23 heavy (non-hydrogen) atoms. The smallest absolute Gasteiger partial charge is 0.254 e. The molecule has 126 valence electrons. The van der Waals surface area contributed by atoms with Crippen LogP contribution in [0.25, 0.3) is 11.3 Å². The predicted octanol–water partition coefficient (Wildman–Crippen LogP) is 3.46. The molecule has 1 saturated heterocycles. The summed E-state index contributed by atoms with van der Waals surface area (Å²) in [5, 5.41) is 1.99. The number of carbonyl (C=O) groups excluding carboxylic acids is 1. The Morgan fingerprint density at radius 2 is 2.22 bits per heavy atom. The molecule has 1 aliphatic rings. The second kappa shape index (κ2) is 8.64. The molecule has 0 bridgehead atoms. The first-order valence-electron chi connectivity index (χ1n) is 7.18. The molecular formula is C16H21Cl2N3OS. The van der Waals surface area contributed by atoms with Gasteiger partial charge in [-0.3, -0.25) is 4.79 Å². The molecule has 2 unspecified atom stereocenters. The minimum atomic E-state index is 0. The number of hydrogen-bond acceptors (Lipinski definition) is 4. The maximum Gasteiger partial charge on any atom is 0.254 e. The van der Waals surface area contributed by atoms with E-state index < -0.39 is 0 Å². The first-order chi connectivity index (χ1) is 10.2. The van der Waals surface area contributed by atoms with Crippen molar-refractivity contribution in [2.24, 2.45) is 11.7 Å². The lowest BCUT2D eigenvalue weighted by Gasteiger charge is -2.21. The predicted molar refractivity (Wildman–Crippen MR) is 99.7 cm³/mol. The Labute approximate surface area is 152 Å². The van der Waals surface area contributed by atoms with Crippen molar-refractivity contribution in [1.29, 1.82) is 0 Å². The molecule has 0 saturated carbocycles. The van der Waals surface area contributed by atoms with Gasteiger partial charge in [0.15, 0.2) is 0 Å². The van der Waals surface area contributed by atoms with Crippen molar-refractivity contribution in [3.8, 4) is 11.3 Å². The first kappa shape index (κ1) is 19.9. The standard InChI is InChI=1S/C16H19N3OS.2ClH/c1-11-5-12(7-17)8-19(11)16(20)14-4-2-3-13(6-14)15-9-21-10-18-15;;/h2-4,6,9-12H,5,7-8,17H2,1H3;2*1H. The van der Waals surface area contributed by atoms with Gasteiger partial charge in [0.25, 0.3) is 5.91 Å². The number of hydrogen-bond donors (Lipinski definition) is 1. The van der Waals surface area contributed by atoms with Gasteiger partial charge in [0.2, 0.25) is 0 Å². The number of aromatic nitrogens is 1. The highest BCUT2D eigenvalue weighted by molar-refractivity contribution is 7.07. The summed E-state index contributed by atoms with van der Waals surface area (Å²) in [6, 6.07) is 7.97. The van der Waals surface area contributed by atoms with Crippen LogP contribution < -0.4 is 5.73 Å². The quantitative estimate of drug-likeness (QED) is 0.895. The molecule has 2 aromatic rings. The number of carbonyl (C=O) groups is 1. The summed E-state index contributed by atoms with van der Waals surface area (Å²) in [5.41, 5.74) is 10.2. The van der Waals surface area contributed by atoms with Crippen LogP contribution in [0.1, 0.15) is 23.7 Å². The second-order valence-corrected chi connectivity index (χ2v) is 6.32. The molecule has 0 spiro atoms. The van der Waals surface area contributed by atoms with Crippen LogP contribution in [0.5, 0.6) is 0 Å². The molecule has 1 aromatic heterocycles. The van der Waals surface area contributed by atoms with Gasteiger partial charge in [0, 0.05) is 29.1 Å². The maximum atomic E-state index is 12.7. The van der Waals surface area contributed by atoms with Gasteiger partial charge in [-0.2, -0.15) is 0 Å². The van der Waals surface area contributed by atoms with Gasteiger partial charge in [0.1, 0.15) is 0 Å². The molecule has 2 heterocycles. The number of nitrogens with two attached hydrogens (primary N) is 1. The normalized spacial score (nSPS) is 19.8. The summed E-state index contributed by atoms with van der Waals surface area (Å²) < 4.78 is 0. The Morgan fingerprint density at radius 3 is 2.83 bits per heavy atom. The SMILES string of the molecule is CC1CC(CN)CN1C(=O)c1cccc(-c2cscn2)c1.Cl.Cl. The van der Waals surface area contributed by atoms with Gasteiger partial charge in [-0.25, -0.2) is 4.98 Å². The minimum Gasteiger partial charge on any atom is -0.336 e. The number of nitrogens with zero attached hydrogens (tertiary/aromatic N) is 2. The fraction of sp³-hybridized carbons (Fsp3) is 0.375. The number of rotatable bonds is 3. The number of benzene rings is 1. The van der Waals surface area contributed by atoms with Gasteiger partial charge in [0.05, 0.1) is 11.2 Å². The van der Waals surface area contributed by atoms with Crippen molar-refractivity contribution in [3.63, 3.8) is 0 Å². The molecule has 2 N–H and O–H groups in total. The first-order valence-corrected chi connectivity index (χ1v) is 8.13. The van der Waals surface area contributed by atoms with Crippen molar-refractivity contribution in [2.75, 3.05) is 13.1 Å². The summed E-state index contributed by atoms with van der Waals surface area (Å²) in [6.45, 7) is 3.50.